The van der Waals surface area contributed by atoms with Crippen LogP contribution in [0.4, 0.5) is 0 Å². The van der Waals surface area contributed by atoms with Gasteiger partial charge in [0, 0.05) is 6.42 Å². The maximum atomic E-state index is 12.2. The number of rotatable bonds is 9. The third kappa shape index (κ3) is 6.24. The summed E-state index contributed by atoms with van der Waals surface area (Å²) in [4.78, 5) is 22.7. The molecule has 26 heavy (non-hydrogen) atoms. The number of carboxylic acids is 1. The van der Waals surface area contributed by atoms with Crippen molar-refractivity contribution in [1.82, 2.24) is 5.32 Å². The Hall–Kier alpha value is -2.82. The number of carbonyl (C=O) groups excluding carboxylic acids is 1. The second-order valence-electron chi connectivity index (χ2n) is 6.39. The van der Waals surface area contributed by atoms with E-state index in [1.807, 2.05) is 37.3 Å². The Morgan fingerprint density at radius 3 is 2.27 bits per heavy atom. The van der Waals surface area contributed by atoms with E-state index in [2.05, 4.69) is 24.4 Å². The first-order chi connectivity index (χ1) is 12.5. The molecule has 0 radical (unpaired) electrons. The molecule has 0 aromatic heterocycles. The fourth-order valence-electron chi connectivity index (χ4n) is 2.69. The monoisotopic (exact) mass is 355 g/mol. The SMILES string of the molecule is CC(CCC(=O)NC(C)c1ccc(OCC(=O)O)cc1)c1ccccc1. The lowest BCUT2D eigenvalue weighted by molar-refractivity contribution is -0.139. The second-order valence-corrected chi connectivity index (χ2v) is 6.39. The highest BCUT2D eigenvalue weighted by Crippen LogP contribution is 2.21. The van der Waals surface area contributed by atoms with Crippen molar-refractivity contribution >= 4 is 11.9 Å². The van der Waals surface area contributed by atoms with Crippen molar-refractivity contribution < 1.29 is 19.4 Å². The molecule has 0 heterocycles. The summed E-state index contributed by atoms with van der Waals surface area (Å²) in [6.45, 7) is 3.68. The summed E-state index contributed by atoms with van der Waals surface area (Å²) < 4.78 is 5.10. The molecule has 1 amide bonds. The lowest BCUT2D eigenvalue weighted by atomic mass is 9.96. The van der Waals surface area contributed by atoms with Crippen molar-refractivity contribution in [2.75, 3.05) is 6.61 Å². The summed E-state index contributed by atoms with van der Waals surface area (Å²) in [5.41, 5.74) is 2.18. The van der Waals surface area contributed by atoms with Gasteiger partial charge < -0.3 is 15.2 Å². The van der Waals surface area contributed by atoms with Gasteiger partial charge in [-0.3, -0.25) is 4.79 Å². The molecule has 0 aliphatic heterocycles. The van der Waals surface area contributed by atoms with Gasteiger partial charge in [0.25, 0.3) is 0 Å². The Kier molecular flexibility index (Phi) is 7.21. The minimum Gasteiger partial charge on any atom is -0.482 e. The van der Waals surface area contributed by atoms with Crippen LogP contribution in [-0.4, -0.2) is 23.6 Å². The molecule has 5 heteroatoms. The number of nitrogens with one attached hydrogen (secondary N) is 1. The Bertz CT molecular complexity index is 713. The lowest BCUT2D eigenvalue weighted by Gasteiger charge is -2.16. The minimum atomic E-state index is -1.01. The zero-order valence-electron chi connectivity index (χ0n) is 15.1. The number of aliphatic carboxylic acids is 1. The van der Waals surface area contributed by atoms with Crippen LogP contribution in [0.2, 0.25) is 0 Å². The van der Waals surface area contributed by atoms with E-state index in [-0.39, 0.29) is 18.6 Å². The van der Waals surface area contributed by atoms with Gasteiger partial charge in [0.1, 0.15) is 5.75 Å². The van der Waals surface area contributed by atoms with E-state index in [0.29, 0.717) is 18.1 Å². The molecule has 5 nitrogen and oxygen atoms in total. The topological polar surface area (TPSA) is 75.6 Å². The summed E-state index contributed by atoms with van der Waals surface area (Å²) in [5.74, 6) is -0.166. The van der Waals surface area contributed by atoms with Crippen LogP contribution in [0.15, 0.2) is 54.6 Å². The highest BCUT2D eigenvalue weighted by molar-refractivity contribution is 5.76. The van der Waals surface area contributed by atoms with E-state index in [1.54, 1.807) is 12.1 Å². The lowest BCUT2D eigenvalue weighted by Crippen LogP contribution is -2.26. The maximum absolute atomic E-state index is 12.2. The summed E-state index contributed by atoms with van der Waals surface area (Å²) in [6.07, 6.45) is 1.27. The van der Waals surface area contributed by atoms with E-state index in [4.69, 9.17) is 9.84 Å². The summed E-state index contributed by atoms with van der Waals surface area (Å²) >= 11 is 0. The molecule has 0 aliphatic carbocycles. The predicted molar refractivity (Wildman–Crippen MR) is 100 cm³/mol. The standard InChI is InChI=1S/C21H25NO4/c1-15(17-6-4-3-5-7-17)8-13-20(23)22-16(2)18-9-11-19(12-10-18)26-14-21(24)25/h3-7,9-12,15-16H,8,13-14H2,1-2H3,(H,22,23)(H,24,25). The van der Waals surface area contributed by atoms with Gasteiger partial charge in [-0.2, -0.15) is 0 Å². The van der Waals surface area contributed by atoms with E-state index in [1.165, 1.54) is 5.56 Å². The van der Waals surface area contributed by atoms with Crippen molar-refractivity contribution in [2.24, 2.45) is 0 Å². The molecule has 2 N–H and O–H groups in total. The summed E-state index contributed by atoms with van der Waals surface area (Å²) in [5, 5.41) is 11.6. The molecule has 0 saturated heterocycles. The average molecular weight is 355 g/mol. The Labute approximate surface area is 154 Å². The number of amides is 1. The number of hydrogen-bond donors (Lipinski definition) is 2. The first kappa shape index (κ1) is 19.5. The molecule has 2 aromatic rings. The fourth-order valence-corrected chi connectivity index (χ4v) is 2.69. The molecule has 138 valence electrons. The molecular formula is C21H25NO4. The number of carbonyl (C=O) groups is 2. The highest BCUT2D eigenvalue weighted by atomic mass is 16.5. The predicted octanol–water partition coefficient (Wildman–Crippen LogP) is 3.91. The van der Waals surface area contributed by atoms with Crippen LogP contribution >= 0.6 is 0 Å². The van der Waals surface area contributed by atoms with Crippen molar-refractivity contribution in [1.29, 1.82) is 0 Å². The van der Waals surface area contributed by atoms with Gasteiger partial charge in [-0.25, -0.2) is 4.79 Å². The minimum absolute atomic E-state index is 0.0199. The van der Waals surface area contributed by atoms with Gasteiger partial charge >= 0.3 is 5.97 Å². The van der Waals surface area contributed by atoms with E-state index >= 15 is 0 Å². The third-order valence-corrected chi connectivity index (χ3v) is 4.29. The number of carboxylic acid groups (broad SMARTS) is 1. The molecule has 2 unspecified atom stereocenters. The summed E-state index contributed by atoms with van der Waals surface area (Å²) in [7, 11) is 0. The van der Waals surface area contributed by atoms with Gasteiger partial charge in [-0.15, -0.1) is 0 Å². The Balaban J connectivity index is 1.80. The number of ether oxygens (including phenoxy) is 1. The van der Waals surface area contributed by atoms with Gasteiger partial charge in [0.15, 0.2) is 6.61 Å². The smallest absolute Gasteiger partial charge is 0.341 e. The van der Waals surface area contributed by atoms with Gasteiger partial charge in [-0.05, 0) is 42.5 Å². The van der Waals surface area contributed by atoms with Crippen LogP contribution in [0.3, 0.4) is 0 Å². The zero-order chi connectivity index (χ0) is 18.9. The molecule has 0 spiro atoms. The van der Waals surface area contributed by atoms with Crippen LogP contribution in [-0.2, 0) is 9.59 Å². The molecule has 0 bridgehead atoms. The van der Waals surface area contributed by atoms with Crippen molar-refractivity contribution in [3.05, 3.63) is 65.7 Å². The number of benzene rings is 2. The molecule has 2 rings (SSSR count). The Morgan fingerprint density at radius 2 is 1.65 bits per heavy atom. The van der Waals surface area contributed by atoms with Crippen LogP contribution in [0.1, 0.15) is 49.8 Å². The van der Waals surface area contributed by atoms with Crippen molar-refractivity contribution in [3.8, 4) is 5.75 Å². The van der Waals surface area contributed by atoms with Crippen LogP contribution < -0.4 is 10.1 Å². The number of hydrogen-bond acceptors (Lipinski definition) is 3. The van der Waals surface area contributed by atoms with Crippen molar-refractivity contribution in [3.63, 3.8) is 0 Å². The first-order valence-corrected chi connectivity index (χ1v) is 8.74. The van der Waals surface area contributed by atoms with Crippen LogP contribution in [0, 0.1) is 0 Å². The molecule has 0 saturated carbocycles. The largest absolute Gasteiger partial charge is 0.482 e. The maximum Gasteiger partial charge on any atom is 0.341 e. The Morgan fingerprint density at radius 1 is 1.00 bits per heavy atom. The molecule has 0 aliphatic rings. The third-order valence-electron chi connectivity index (χ3n) is 4.29. The molecule has 0 fully saturated rings. The summed E-state index contributed by atoms with van der Waals surface area (Å²) in [6, 6.07) is 17.1. The van der Waals surface area contributed by atoms with Crippen LogP contribution in [0.5, 0.6) is 5.75 Å². The van der Waals surface area contributed by atoms with Gasteiger partial charge in [0.2, 0.25) is 5.91 Å². The van der Waals surface area contributed by atoms with E-state index in [0.717, 1.165) is 12.0 Å². The molecule has 2 aromatic carbocycles. The molecular weight excluding hydrogens is 330 g/mol. The highest BCUT2D eigenvalue weighted by Gasteiger charge is 2.12. The van der Waals surface area contributed by atoms with E-state index < -0.39 is 5.97 Å². The zero-order valence-corrected chi connectivity index (χ0v) is 15.1. The van der Waals surface area contributed by atoms with E-state index in [9.17, 15) is 9.59 Å². The first-order valence-electron chi connectivity index (χ1n) is 8.74. The van der Waals surface area contributed by atoms with Gasteiger partial charge in [-0.1, -0.05) is 49.4 Å². The van der Waals surface area contributed by atoms with Crippen LogP contribution in [0.25, 0.3) is 0 Å². The second kappa shape index (κ2) is 9.61. The van der Waals surface area contributed by atoms with Crippen molar-refractivity contribution in [2.45, 2.75) is 38.6 Å². The quantitative estimate of drug-likeness (QED) is 0.715. The fraction of sp³-hybridized carbons (Fsp3) is 0.333. The molecule has 2 atom stereocenters. The van der Waals surface area contributed by atoms with Gasteiger partial charge in [0.05, 0.1) is 6.04 Å². The average Bonchev–Trinajstić information content (AvgIpc) is 2.65. The normalized spacial score (nSPS) is 12.8.